The molecule has 176 valence electrons. The molecule has 2 aromatic rings. The van der Waals surface area contributed by atoms with E-state index in [1.165, 1.54) is 0 Å². The summed E-state index contributed by atoms with van der Waals surface area (Å²) in [5, 5.41) is 8.84. The molecule has 0 bridgehead atoms. The molecule has 8 nitrogen and oxygen atoms in total. The van der Waals surface area contributed by atoms with Crippen LogP contribution in [-0.2, 0) is 16.1 Å². The van der Waals surface area contributed by atoms with Crippen LogP contribution in [0.25, 0.3) is 11.1 Å². The number of aliphatic carboxylic acids is 1. The van der Waals surface area contributed by atoms with Crippen LogP contribution < -0.4 is 10.6 Å². The second kappa shape index (κ2) is 13.2. The highest BCUT2D eigenvalue weighted by Gasteiger charge is 2.21. The monoisotopic (exact) mass is 483 g/mol. The zero-order valence-corrected chi connectivity index (χ0v) is 19.8. The number of anilines is 1. The van der Waals surface area contributed by atoms with Crippen molar-refractivity contribution in [2.75, 3.05) is 31.6 Å². The number of nitrogens with two attached hydrogens (primary N) is 1. The Labute approximate surface area is 201 Å². The highest BCUT2D eigenvalue weighted by atomic mass is 35.5. The third kappa shape index (κ3) is 7.62. The van der Waals surface area contributed by atoms with E-state index in [1.54, 1.807) is 11.9 Å². The summed E-state index contributed by atoms with van der Waals surface area (Å²) in [6, 6.07) is 7.97. The van der Waals surface area contributed by atoms with Crippen LogP contribution in [-0.4, -0.2) is 58.5 Å². The predicted octanol–water partition coefficient (Wildman–Crippen LogP) is 2.99. The number of hydrogen-bond donors (Lipinski definition) is 2. The minimum atomic E-state index is -0.724. The van der Waals surface area contributed by atoms with E-state index in [9.17, 15) is 9.59 Å². The van der Waals surface area contributed by atoms with E-state index in [-0.39, 0.29) is 43.7 Å². The van der Waals surface area contributed by atoms with Gasteiger partial charge >= 0.3 is 5.97 Å². The summed E-state index contributed by atoms with van der Waals surface area (Å²) in [7, 11) is 1.74. The molecule has 1 amide bonds. The highest BCUT2D eigenvalue weighted by molar-refractivity contribution is 5.85. The molecule has 1 aromatic carbocycles. The fourth-order valence-electron chi connectivity index (χ4n) is 3.75. The Hall–Kier alpha value is -2.42. The molecule has 1 aliphatic heterocycles. The van der Waals surface area contributed by atoms with Crippen molar-refractivity contribution in [1.29, 1.82) is 0 Å². The van der Waals surface area contributed by atoms with E-state index in [4.69, 9.17) is 10.8 Å². The smallest absolute Gasteiger partial charge is 0.303 e. The van der Waals surface area contributed by atoms with Gasteiger partial charge in [0.25, 0.3) is 0 Å². The summed E-state index contributed by atoms with van der Waals surface area (Å²) in [5.74, 6) is 0.348. The maximum absolute atomic E-state index is 11.7. The van der Waals surface area contributed by atoms with Gasteiger partial charge in [0.15, 0.2) is 0 Å². The topological polar surface area (TPSA) is 113 Å². The van der Waals surface area contributed by atoms with Crippen molar-refractivity contribution in [3.05, 3.63) is 42.2 Å². The van der Waals surface area contributed by atoms with E-state index >= 15 is 0 Å². The van der Waals surface area contributed by atoms with Gasteiger partial charge in [-0.15, -0.1) is 24.8 Å². The molecule has 32 heavy (non-hydrogen) atoms. The number of piperidine rings is 1. The van der Waals surface area contributed by atoms with Gasteiger partial charge in [-0.3, -0.25) is 9.59 Å². The van der Waals surface area contributed by atoms with Crippen molar-refractivity contribution in [2.45, 2.75) is 32.2 Å². The van der Waals surface area contributed by atoms with Crippen molar-refractivity contribution >= 4 is 42.6 Å². The third-order valence-electron chi connectivity index (χ3n) is 5.58. The van der Waals surface area contributed by atoms with Gasteiger partial charge in [-0.1, -0.05) is 18.2 Å². The zero-order valence-electron chi connectivity index (χ0n) is 18.1. The Morgan fingerprint density at radius 1 is 1.16 bits per heavy atom. The predicted molar refractivity (Wildman–Crippen MR) is 129 cm³/mol. The normalized spacial score (nSPS) is 13.6. The van der Waals surface area contributed by atoms with Crippen LogP contribution in [0.5, 0.6) is 0 Å². The molecule has 0 saturated carbocycles. The van der Waals surface area contributed by atoms with Gasteiger partial charge in [-0.05, 0) is 42.4 Å². The Balaban J connectivity index is 0.00000256. The minimum absolute atomic E-state index is 0. The Kier molecular flexibility index (Phi) is 11.4. The summed E-state index contributed by atoms with van der Waals surface area (Å²) in [4.78, 5) is 35.3. The quantitative estimate of drug-likeness (QED) is 0.592. The average Bonchev–Trinajstić information content (AvgIpc) is 2.77. The number of amides is 1. The van der Waals surface area contributed by atoms with Crippen molar-refractivity contribution in [3.63, 3.8) is 0 Å². The molecule has 3 rings (SSSR count). The van der Waals surface area contributed by atoms with E-state index in [2.05, 4.69) is 14.9 Å². The van der Waals surface area contributed by atoms with Gasteiger partial charge in [0.1, 0.15) is 0 Å². The van der Waals surface area contributed by atoms with Crippen LogP contribution in [0.4, 0.5) is 5.95 Å². The largest absolute Gasteiger partial charge is 0.481 e. The molecule has 2 heterocycles. The number of carboxylic acids is 1. The molecule has 1 aromatic heterocycles. The first-order valence-electron chi connectivity index (χ1n) is 10.3. The second-order valence-electron chi connectivity index (χ2n) is 7.79. The number of carbonyl (C=O) groups is 2. The highest BCUT2D eigenvalue weighted by Crippen LogP contribution is 2.25. The van der Waals surface area contributed by atoms with Gasteiger partial charge in [0.05, 0.1) is 6.54 Å². The van der Waals surface area contributed by atoms with Crippen molar-refractivity contribution in [3.8, 4) is 11.1 Å². The number of benzene rings is 1. The fourth-order valence-corrected chi connectivity index (χ4v) is 3.75. The first kappa shape index (κ1) is 27.6. The molecule has 0 spiro atoms. The van der Waals surface area contributed by atoms with Gasteiger partial charge in [-0.2, -0.15) is 0 Å². The molecular formula is C22H31Cl2N5O3. The summed E-state index contributed by atoms with van der Waals surface area (Å²) in [6.07, 6.45) is 6.57. The Morgan fingerprint density at radius 2 is 1.81 bits per heavy atom. The van der Waals surface area contributed by atoms with Crippen molar-refractivity contribution < 1.29 is 14.7 Å². The van der Waals surface area contributed by atoms with Crippen molar-refractivity contribution in [1.82, 2.24) is 14.9 Å². The lowest BCUT2D eigenvalue weighted by Crippen LogP contribution is -2.35. The molecule has 3 N–H and O–H groups in total. The molecule has 0 atom stereocenters. The first-order chi connectivity index (χ1) is 14.5. The first-order valence-corrected chi connectivity index (χ1v) is 10.3. The third-order valence-corrected chi connectivity index (χ3v) is 5.58. The Morgan fingerprint density at radius 3 is 2.41 bits per heavy atom. The van der Waals surface area contributed by atoms with Gasteiger partial charge in [0, 0.05) is 51.1 Å². The van der Waals surface area contributed by atoms with Crippen LogP contribution in [0, 0.1) is 5.92 Å². The van der Waals surface area contributed by atoms with E-state index in [0.29, 0.717) is 18.4 Å². The van der Waals surface area contributed by atoms with Crippen LogP contribution in [0.15, 0.2) is 36.7 Å². The lowest BCUT2D eigenvalue weighted by atomic mass is 9.92. The maximum Gasteiger partial charge on any atom is 0.303 e. The van der Waals surface area contributed by atoms with Gasteiger partial charge < -0.3 is 20.6 Å². The van der Waals surface area contributed by atoms with Crippen LogP contribution in [0.3, 0.4) is 0 Å². The number of nitrogens with zero attached hydrogens (tertiary/aromatic N) is 4. The average molecular weight is 484 g/mol. The van der Waals surface area contributed by atoms with E-state index in [0.717, 1.165) is 49.0 Å². The second-order valence-corrected chi connectivity index (χ2v) is 7.79. The summed E-state index contributed by atoms with van der Waals surface area (Å²) in [6.45, 7) is 2.20. The molecule has 0 aliphatic carbocycles. The minimum Gasteiger partial charge on any atom is -0.481 e. The molecule has 0 unspecified atom stereocenters. The van der Waals surface area contributed by atoms with Gasteiger partial charge in [-0.25, -0.2) is 9.97 Å². The number of likely N-dealkylation sites (N-methyl/N-ethyl adjacent to an activating group) is 1. The lowest BCUT2D eigenvalue weighted by Gasteiger charge is -2.31. The fraction of sp³-hybridized carbons (Fsp3) is 0.455. The SMILES string of the molecule is CN(Cc1cccc(-c2cnc(N3CCC(CCC(=O)O)CC3)nc2)c1)C(=O)CN.Cl.Cl. The van der Waals surface area contributed by atoms with Crippen LogP contribution in [0.2, 0.25) is 0 Å². The van der Waals surface area contributed by atoms with Crippen LogP contribution in [0.1, 0.15) is 31.2 Å². The molecule has 1 fully saturated rings. The number of carbonyl (C=O) groups excluding carboxylic acids is 1. The molecule has 1 aliphatic rings. The zero-order chi connectivity index (χ0) is 21.5. The van der Waals surface area contributed by atoms with Crippen molar-refractivity contribution in [2.24, 2.45) is 11.7 Å². The Bertz CT molecular complexity index is 874. The molecule has 10 heteroatoms. The number of halogens is 2. The maximum atomic E-state index is 11.7. The summed E-state index contributed by atoms with van der Waals surface area (Å²) in [5.41, 5.74) is 8.36. The number of hydrogen-bond acceptors (Lipinski definition) is 6. The number of aromatic nitrogens is 2. The molecule has 0 radical (unpaired) electrons. The number of rotatable bonds is 8. The van der Waals surface area contributed by atoms with E-state index in [1.807, 2.05) is 36.7 Å². The summed E-state index contributed by atoms with van der Waals surface area (Å²) < 4.78 is 0. The number of carboxylic acid groups (broad SMARTS) is 1. The van der Waals surface area contributed by atoms with Gasteiger partial charge in [0.2, 0.25) is 11.9 Å². The van der Waals surface area contributed by atoms with E-state index < -0.39 is 5.97 Å². The molecular weight excluding hydrogens is 453 g/mol. The van der Waals surface area contributed by atoms with Crippen LogP contribution >= 0.6 is 24.8 Å². The summed E-state index contributed by atoms with van der Waals surface area (Å²) >= 11 is 0. The lowest BCUT2D eigenvalue weighted by molar-refractivity contribution is -0.137. The molecule has 1 saturated heterocycles. The standard InChI is InChI=1S/C22H29N5O3.2ClH/c1-26(20(28)12-23)15-17-3-2-4-18(11-17)19-13-24-22(25-14-19)27-9-7-16(8-10-27)5-6-21(29)30;;/h2-4,11,13-14,16H,5-10,12,15,23H2,1H3,(H,29,30);2*1H.